The Kier molecular flexibility index (Phi) is 6.14. The van der Waals surface area contributed by atoms with E-state index < -0.39 is 0 Å². The highest BCUT2D eigenvalue weighted by molar-refractivity contribution is 9.10. The molecule has 6 heteroatoms. The minimum Gasteiger partial charge on any atom is -0.497 e. The molecule has 2 aromatic carbocycles. The average Bonchev–Trinajstić information content (AvgIpc) is 2.61. The molecular formula is C18H17BrN2O3. The molecule has 0 aliphatic carbocycles. The zero-order valence-corrected chi connectivity index (χ0v) is 14.9. The molecule has 0 unspecified atom stereocenters. The van der Waals surface area contributed by atoms with E-state index in [4.69, 9.17) is 4.74 Å². The fourth-order valence-electron chi connectivity index (χ4n) is 1.98. The summed E-state index contributed by atoms with van der Waals surface area (Å²) in [6.07, 6.45) is 1.61. The lowest BCUT2D eigenvalue weighted by Gasteiger charge is -2.09. The zero-order chi connectivity index (χ0) is 17.5. The van der Waals surface area contributed by atoms with Crippen molar-refractivity contribution < 1.29 is 14.3 Å². The number of rotatable bonds is 5. The van der Waals surface area contributed by atoms with Gasteiger partial charge < -0.3 is 15.4 Å². The van der Waals surface area contributed by atoms with Crippen molar-refractivity contribution in [3.05, 3.63) is 69.8 Å². The largest absolute Gasteiger partial charge is 0.497 e. The third-order valence-electron chi connectivity index (χ3n) is 3.23. The third kappa shape index (κ3) is 4.70. The van der Waals surface area contributed by atoms with Gasteiger partial charge in [0.1, 0.15) is 11.4 Å². The fourth-order valence-corrected chi connectivity index (χ4v) is 2.38. The second kappa shape index (κ2) is 8.31. The number of amides is 2. The molecule has 0 atom stereocenters. The van der Waals surface area contributed by atoms with Crippen molar-refractivity contribution >= 4 is 33.8 Å². The number of carbonyl (C=O) groups excluding carboxylic acids is 2. The van der Waals surface area contributed by atoms with Crippen molar-refractivity contribution in [3.8, 4) is 5.75 Å². The number of benzene rings is 2. The topological polar surface area (TPSA) is 67.4 Å². The van der Waals surface area contributed by atoms with Crippen LogP contribution in [-0.2, 0) is 4.79 Å². The minimum absolute atomic E-state index is 0.160. The normalized spacial score (nSPS) is 10.9. The van der Waals surface area contributed by atoms with Crippen molar-refractivity contribution in [1.82, 2.24) is 10.6 Å². The summed E-state index contributed by atoms with van der Waals surface area (Å²) in [4.78, 5) is 24.4. The number of ether oxygens (including phenoxy) is 1. The van der Waals surface area contributed by atoms with Crippen molar-refractivity contribution in [2.45, 2.75) is 0 Å². The van der Waals surface area contributed by atoms with Gasteiger partial charge in [-0.05, 0) is 42.0 Å². The molecule has 0 radical (unpaired) electrons. The highest BCUT2D eigenvalue weighted by Gasteiger charge is 2.13. The quantitative estimate of drug-likeness (QED) is 0.773. The van der Waals surface area contributed by atoms with E-state index in [0.29, 0.717) is 11.3 Å². The molecule has 2 rings (SSSR count). The average molecular weight is 389 g/mol. The van der Waals surface area contributed by atoms with Gasteiger partial charge in [0.2, 0.25) is 0 Å². The molecule has 0 aromatic heterocycles. The van der Waals surface area contributed by atoms with Gasteiger partial charge in [0, 0.05) is 17.1 Å². The SMILES string of the molecule is CNC(=O)/C(=C\c1ccc(OC)cc1)NC(=O)c1cccc(Br)c1. The maximum Gasteiger partial charge on any atom is 0.267 e. The van der Waals surface area contributed by atoms with Crippen LogP contribution in [-0.4, -0.2) is 26.0 Å². The zero-order valence-electron chi connectivity index (χ0n) is 13.3. The van der Waals surface area contributed by atoms with Crippen LogP contribution < -0.4 is 15.4 Å². The van der Waals surface area contributed by atoms with Crippen LogP contribution in [0.15, 0.2) is 58.7 Å². The number of hydrogen-bond acceptors (Lipinski definition) is 3. The van der Waals surface area contributed by atoms with Gasteiger partial charge in [-0.3, -0.25) is 9.59 Å². The van der Waals surface area contributed by atoms with E-state index in [2.05, 4.69) is 26.6 Å². The summed E-state index contributed by atoms with van der Waals surface area (Å²) in [5, 5.41) is 5.17. The molecule has 5 nitrogen and oxygen atoms in total. The Bertz CT molecular complexity index is 770. The summed E-state index contributed by atoms with van der Waals surface area (Å²) >= 11 is 3.32. The lowest BCUT2D eigenvalue weighted by molar-refractivity contribution is -0.117. The standard InChI is InChI=1S/C18H17BrN2O3/c1-20-18(23)16(10-12-6-8-15(24-2)9-7-12)21-17(22)13-4-3-5-14(19)11-13/h3-11H,1-2H3,(H,20,23)(H,21,22)/b16-10+. The van der Waals surface area contributed by atoms with Crippen molar-refractivity contribution in [3.63, 3.8) is 0 Å². The second-order valence-corrected chi connectivity index (χ2v) is 5.79. The van der Waals surface area contributed by atoms with Gasteiger partial charge in [-0.15, -0.1) is 0 Å². The summed E-state index contributed by atoms with van der Waals surface area (Å²) in [5.41, 5.74) is 1.38. The van der Waals surface area contributed by atoms with E-state index in [1.807, 2.05) is 6.07 Å². The predicted molar refractivity (Wildman–Crippen MR) is 96.6 cm³/mol. The number of nitrogens with one attached hydrogen (secondary N) is 2. The van der Waals surface area contributed by atoms with Gasteiger partial charge in [-0.2, -0.15) is 0 Å². The Labute approximate surface area is 148 Å². The first-order valence-corrected chi connectivity index (χ1v) is 7.97. The molecule has 0 saturated heterocycles. The van der Waals surface area contributed by atoms with Crippen LogP contribution in [0.2, 0.25) is 0 Å². The summed E-state index contributed by atoms with van der Waals surface area (Å²) < 4.78 is 5.89. The van der Waals surface area contributed by atoms with Gasteiger partial charge >= 0.3 is 0 Å². The molecule has 0 aliphatic rings. The van der Waals surface area contributed by atoms with Crippen LogP contribution in [0.4, 0.5) is 0 Å². The smallest absolute Gasteiger partial charge is 0.267 e. The van der Waals surface area contributed by atoms with E-state index in [-0.39, 0.29) is 17.5 Å². The van der Waals surface area contributed by atoms with Crippen LogP contribution in [0, 0.1) is 0 Å². The van der Waals surface area contributed by atoms with Crippen molar-refractivity contribution in [2.75, 3.05) is 14.2 Å². The Hall–Kier alpha value is -2.60. The molecule has 0 heterocycles. The number of methoxy groups -OCH3 is 1. The lowest BCUT2D eigenvalue weighted by atomic mass is 10.1. The molecule has 2 aromatic rings. The van der Waals surface area contributed by atoms with Crippen LogP contribution in [0.1, 0.15) is 15.9 Å². The Morgan fingerprint density at radius 2 is 1.83 bits per heavy atom. The number of halogens is 1. The molecular weight excluding hydrogens is 372 g/mol. The Morgan fingerprint density at radius 3 is 2.42 bits per heavy atom. The highest BCUT2D eigenvalue weighted by Crippen LogP contribution is 2.15. The van der Waals surface area contributed by atoms with Crippen molar-refractivity contribution in [1.29, 1.82) is 0 Å². The van der Waals surface area contributed by atoms with E-state index in [0.717, 1.165) is 10.0 Å². The maximum atomic E-state index is 12.3. The van der Waals surface area contributed by atoms with E-state index >= 15 is 0 Å². The molecule has 2 amide bonds. The second-order valence-electron chi connectivity index (χ2n) is 4.87. The summed E-state index contributed by atoms with van der Waals surface area (Å²) in [6.45, 7) is 0. The molecule has 0 bridgehead atoms. The summed E-state index contributed by atoms with van der Waals surface area (Å²) in [5.74, 6) is -0.0272. The Morgan fingerprint density at radius 1 is 1.12 bits per heavy atom. The number of hydrogen-bond donors (Lipinski definition) is 2. The number of likely N-dealkylation sites (N-methyl/N-ethyl adjacent to an activating group) is 1. The van der Waals surface area contributed by atoms with Gasteiger partial charge in [0.15, 0.2) is 0 Å². The van der Waals surface area contributed by atoms with Crippen LogP contribution in [0.3, 0.4) is 0 Å². The van der Waals surface area contributed by atoms with Crippen LogP contribution in [0.5, 0.6) is 5.75 Å². The Balaban J connectivity index is 2.26. The predicted octanol–water partition coefficient (Wildman–Crippen LogP) is 2.97. The first-order chi connectivity index (χ1) is 11.5. The molecule has 0 saturated carbocycles. The third-order valence-corrected chi connectivity index (χ3v) is 3.73. The van der Waals surface area contributed by atoms with Gasteiger partial charge in [0.05, 0.1) is 7.11 Å². The van der Waals surface area contributed by atoms with Crippen LogP contribution >= 0.6 is 15.9 Å². The molecule has 2 N–H and O–H groups in total. The molecule has 24 heavy (non-hydrogen) atoms. The summed E-state index contributed by atoms with van der Waals surface area (Å²) in [7, 11) is 3.09. The van der Waals surface area contributed by atoms with Gasteiger partial charge in [0.25, 0.3) is 11.8 Å². The monoisotopic (exact) mass is 388 g/mol. The number of carbonyl (C=O) groups is 2. The van der Waals surface area contributed by atoms with Gasteiger partial charge in [-0.1, -0.05) is 34.1 Å². The van der Waals surface area contributed by atoms with Gasteiger partial charge in [-0.25, -0.2) is 0 Å². The van der Waals surface area contributed by atoms with Crippen molar-refractivity contribution in [2.24, 2.45) is 0 Å². The molecule has 0 fully saturated rings. The summed E-state index contributed by atoms with van der Waals surface area (Å²) in [6, 6.07) is 14.1. The first kappa shape index (κ1) is 17.7. The lowest BCUT2D eigenvalue weighted by Crippen LogP contribution is -2.33. The first-order valence-electron chi connectivity index (χ1n) is 7.18. The minimum atomic E-state index is -0.380. The van der Waals surface area contributed by atoms with Crippen LogP contribution in [0.25, 0.3) is 6.08 Å². The van der Waals surface area contributed by atoms with E-state index in [1.165, 1.54) is 7.05 Å². The van der Waals surface area contributed by atoms with E-state index in [1.54, 1.807) is 55.7 Å². The van der Waals surface area contributed by atoms with E-state index in [9.17, 15) is 9.59 Å². The molecule has 124 valence electrons. The maximum absolute atomic E-state index is 12.3. The fraction of sp³-hybridized carbons (Fsp3) is 0.111. The molecule has 0 spiro atoms. The highest BCUT2D eigenvalue weighted by atomic mass is 79.9. The molecule has 0 aliphatic heterocycles.